The molecular formula is C13H11F3O2S2. The van der Waals surface area contributed by atoms with Gasteiger partial charge in [0.2, 0.25) is 0 Å². The van der Waals surface area contributed by atoms with Crippen molar-refractivity contribution in [1.82, 2.24) is 0 Å². The molecule has 1 atom stereocenters. The number of benzene rings is 1. The number of aliphatic carboxylic acids is 1. The van der Waals surface area contributed by atoms with Crippen molar-refractivity contribution < 1.29 is 23.1 Å². The second-order valence-electron chi connectivity index (χ2n) is 4.08. The van der Waals surface area contributed by atoms with Crippen molar-refractivity contribution in [2.45, 2.75) is 28.1 Å². The van der Waals surface area contributed by atoms with Gasteiger partial charge in [-0.1, -0.05) is 6.92 Å². The first-order valence-electron chi connectivity index (χ1n) is 5.78. The van der Waals surface area contributed by atoms with Crippen LogP contribution in [0.3, 0.4) is 0 Å². The summed E-state index contributed by atoms with van der Waals surface area (Å²) < 4.78 is 38.7. The van der Waals surface area contributed by atoms with E-state index in [-0.39, 0.29) is 0 Å². The Kier molecular flexibility index (Phi) is 4.39. The first-order chi connectivity index (χ1) is 9.32. The third-order valence-corrected chi connectivity index (χ3v) is 4.93. The lowest BCUT2D eigenvalue weighted by atomic mass is 10.1. The Labute approximate surface area is 122 Å². The Morgan fingerprint density at radius 1 is 1.45 bits per heavy atom. The van der Waals surface area contributed by atoms with Gasteiger partial charge in [0.25, 0.3) is 0 Å². The van der Waals surface area contributed by atoms with Crippen LogP contribution in [-0.2, 0) is 4.79 Å². The van der Waals surface area contributed by atoms with E-state index in [0.29, 0.717) is 22.2 Å². The summed E-state index contributed by atoms with van der Waals surface area (Å²) in [7, 11) is 0. The van der Waals surface area contributed by atoms with Gasteiger partial charge in [0, 0.05) is 9.79 Å². The smallest absolute Gasteiger partial charge is 0.405 e. The summed E-state index contributed by atoms with van der Waals surface area (Å²) in [6.45, 7) is 1.97. The largest absolute Gasteiger partial charge is 0.478 e. The number of carbonyl (C=O) groups is 1. The highest BCUT2D eigenvalue weighted by Crippen LogP contribution is 2.45. The minimum atomic E-state index is -4.58. The second-order valence-corrected chi connectivity index (χ2v) is 6.56. The van der Waals surface area contributed by atoms with Crippen LogP contribution in [0.5, 0.6) is 0 Å². The van der Waals surface area contributed by atoms with Crippen LogP contribution in [0, 0.1) is 0 Å². The van der Waals surface area contributed by atoms with Crippen LogP contribution in [0.25, 0.3) is 6.08 Å². The minimum absolute atomic E-state index is 0.456. The summed E-state index contributed by atoms with van der Waals surface area (Å²) in [6, 6.07) is 5.10. The molecule has 1 N–H and O–H groups in total. The van der Waals surface area contributed by atoms with E-state index in [1.807, 2.05) is 6.92 Å². The summed E-state index contributed by atoms with van der Waals surface area (Å²) >= 11 is 2.10. The van der Waals surface area contributed by atoms with Crippen LogP contribution in [0.2, 0.25) is 0 Å². The van der Waals surface area contributed by atoms with Gasteiger partial charge < -0.3 is 5.11 Å². The number of hydrogen-bond acceptors (Lipinski definition) is 3. The van der Waals surface area contributed by atoms with Gasteiger partial charge in [-0.15, -0.1) is 23.5 Å². The summed E-state index contributed by atoms with van der Waals surface area (Å²) in [5.41, 5.74) is -0.0833. The maximum absolute atomic E-state index is 12.9. The van der Waals surface area contributed by atoms with Gasteiger partial charge in [0.1, 0.15) is 5.25 Å². The summed E-state index contributed by atoms with van der Waals surface area (Å²) in [6.07, 6.45) is -3.45. The van der Waals surface area contributed by atoms with Crippen molar-refractivity contribution in [2.75, 3.05) is 5.75 Å². The van der Waals surface area contributed by atoms with Gasteiger partial charge in [-0.25, -0.2) is 4.79 Å². The molecule has 7 heteroatoms. The van der Waals surface area contributed by atoms with Crippen molar-refractivity contribution in [1.29, 1.82) is 0 Å². The molecule has 0 amide bonds. The van der Waals surface area contributed by atoms with E-state index in [2.05, 4.69) is 0 Å². The number of rotatable bonds is 3. The first kappa shape index (κ1) is 15.3. The van der Waals surface area contributed by atoms with Crippen LogP contribution in [-0.4, -0.2) is 28.3 Å². The summed E-state index contributed by atoms with van der Waals surface area (Å²) in [4.78, 5) is 12.4. The number of alkyl halides is 3. The highest BCUT2D eigenvalue weighted by atomic mass is 32.2. The highest BCUT2D eigenvalue weighted by molar-refractivity contribution is 8.00. The SMILES string of the molecule is CCSc1ccc2c(c1)C=C(C(=O)O)C(C(F)(F)F)S2. The van der Waals surface area contributed by atoms with E-state index in [4.69, 9.17) is 5.11 Å². The van der Waals surface area contributed by atoms with E-state index in [0.717, 1.165) is 16.7 Å². The number of carboxylic acid groups (broad SMARTS) is 1. The normalized spacial score (nSPS) is 18.4. The van der Waals surface area contributed by atoms with E-state index >= 15 is 0 Å². The molecule has 108 valence electrons. The number of thioether (sulfide) groups is 2. The molecule has 2 rings (SSSR count). The monoisotopic (exact) mass is 320 g/mol. The molecule has 0 bridgehead atoms. The average molecular weight is 320 g/mol. The Bertz CT molecular complexity index is 567. The number of carboxylic acids is 1. The Morgan fingerprint density at radius 2 is 2.15 bits per heavy atom. The second kappa shape index (κ2) is 5.73. The van der Waals surface area contributed by atoms with Crippen molar-refractivity contribution in [2.24, 2.45) is 0 Å². The van der Waals surface area contributed by atoms with Crippen LogP contribution in [0.1, 0.15) is 12.5 Å². The predicted octanol–water partition coefficient (Wildman–Crippen LogP) is 4.30. The van der Waals surface area contributed by atoms with E-state index < -0.39 is 23.0 Å². The molecule has 0 saturated carbocycles. The average Bonchev–Trinajstić information content (AvgIpc) is 2.36. The number of halogens is 3. The van der Waals surface area contributed by atoms with Gasteiger partial charge in [0.15, 0.2) is 0 Å². The fourth-order valence-corrected chi connectivity index (χ4v) is 3.65. The molecule has 0 aromatic heterocycles. The Hall–Kier alpha value is -1.08. The van der Waals surface area contributed by atoms with Crippen LogP contribution >= 0.6 is 23.5 Å². The van der Waals surface area contributed by atoms with Gasteiger partial charge in [-0.3, -0.25) is 0 Å². The Morgan fingerprint density at radius 3 is 2.70 bits per heavy atom. The molecule has 1 aromatic rings. The molecule has 1 unspecified atom stereocenters. The molecule has 2 nitrogen and oxygen atoms in total. The van der Waals surface area contributed by atoms with Crippen LogP contribution < -0.4 is 0 Å². The maximum atomic E-state index is 12.9. The summed E-state index contributed by atoms with van der Waals surface area (Å²) in [5.74, 6) is -0.689. The predicted molar refractivity (Wildman–Crippen MR) is 74.2 cm³/mol. The van der Waals surface area contributed by atoms with Crippen LogP contribution in [0.15, 0.2) is 33.6 Å². The van der Waals surface area contributed by atoms with E-state index in [1.54, 1.807) is 30.0 Å². The lowest BCUT2D eigenvalue weighted by molar-refractivity contribution is -0.140. The standard InChI is InChI=1S/C13H11F3O2S2/c1-2-19-8-3-4-10-7(5-8)6-9(12(17)18)11(20-10)13(14,15)16/h3-6,11H,2H2,1H3,(H,17,18). The molecule has 1 aliphatic rings. The maximum Gasteiger partial charge on any atom is 0.405 e. The highest BCUT2D eigenvalue weighted by Gasteiger charge is 2.46. The minimum Gasteiger partial charge on any atom is -0.478 e. The van der Waals surface area contributed by atoms with Gasteiger partial charge in [-0.2, -0.15) is 13.2 Å². The third kappa shape index (κ3) is 3.15. The number of hydrogen-bond donors (Lipinski definition) is 1. The lowest BCUT2D eigenvalue weighted by Crippen LogP contribution is -2.32. The summed E-state index contributed by atoms with van der Waals surface area (Å²) in [5, 5.41) is 6.97. The molecule has 1 aliphatic heterocycles. The molecule has 0 aliphatic carbocycles. The van der Waals surface area contributed by atoms with Crippen molar-refractivity contribution in [3.8, 4) is 0 Å². The quantitative estimate of drug-likeness (QED) is 0.843. The van der Waals surface area contributed by atoms with Crippen molar-refractivity contribution in [3.05, 3.63) is 29.3 Å². The van der Waals surface area contributed by atoms with E-state index in [9.17, 15) is 18.0 Å². The first-order valence-corrected chi connectivity index (χ1v) is 7.64. The topological polar surface area (TPSA) is 37.3 Å². The molecule has 0 saturated heterocycles. The molecular weight excluding hydrogens is 309 g/mol. The number of fused-ring (bicyclic) bond motifs is 1. The zero-order chi connectivity index (χ0) is 14.9. The zero-order valence-corrected chi connectivity index (χ0v) is 12.0. The van der Waals surface area contributed by atoms with Crippen molar-refractivity contribution in [3.63, 3.8) is 0 Å². The fraction of sp³-hybridized carbons (Fsp3) is 0.308. The lowest BCUT2D eigenvalue weighted by Gasteiger charge is -2.25. The molecule has 1 aromatic carbocycles. The van der Waals surface area contributed by atoms with Crippen molar-refractivity contribution >= 4 is 35.6 Å². The molecule has 0 fully saturated rings. The van der Waals surface area contributed by atoms with Crippen LogP contribution in [0.4, 0.5) is 13.2 Å². The fourth-order valence-electron chi connectivity index (χ4n) is 1.85. The molecule has 20 heavy (non-hydrogen) atoms. The Balaban J connectivity index is 2.46. The third-order valence-electron chi connectivity index (χ3n) is 2.67. The molecule has 0 spiro atoms. The van der Waals surface area contributed by atoms with Gasteiger partial charge in [-0.05, 0) is 35.6 Å². The molecule has 0 radical (unpaired) electrons. The van der Waals surface area contributed by atoms with E-state index in [1.165, 1.54) is 0 Å². The van der Waals surface area contributed by atoms with Gasteiger partial charge >= 0.3 is 12.1 Å². The molecule has 1 heterocycles. The van der Waals surface area contributed by atoms with Gasteiger partial charge in [0.05, 0.1) is 5.57 Å². The zero-order valence-electron chi connectivity index (χ0n) is 10.4.